The summed E-state index contributed by atoms with van der Waals surface area (Å²) >= 11 is 0. The summed E-state index contributed by atoms with van der Waals surface area (Å²) in [4.78, 5) is 11.9. The SMILES string of the molecule is CCC(C)(C(=O)C(C)NN)C(C)C. The number of nitrogens with one attached hydrogen (secondary N) is 1. The molecule has 0 heterocycles. The molecule has 0 aromatic heterocycles. The lowest BCUT2D eigenvalue weighted by molar-refractivity contribution is -0.132. The standard InChI is InChI=1S/C10H22N2O/c1-6-10(5,7(2)3)9(13)8(4)12-11/h7-8,12H,6,11H2,1-5H3. The molecule has 0 aliphatic rings. The normalized spacial score (nSPS) is 18.4. The summed E-state index contributed by atoms with van der Waals surface area (Å²) in [5.41, 5.74) is 2.25. The minimum Gasteiger partial charge on any atom is -0.297 e. The molecule has 78 valence electrons. The zero-order valence-electron chi connectivity index (χ0n) is 9.35. The molecule has 0 aliphatic carbocycles. The molecule has 0 aliphatic heterocycles. The Hall–Kier alpha value is -0.410. The van der Waals surface area contributed by atoms with E-state index in [1.165, 1.54) is 0 Å². The van der Waals surface area contributed by atoms with Gasteiger partial charge in [-0.3, -0.25) is 16.1 Å². The number of carbonyl (C=O) groups is 1. The Bertz CT molecular complexity index is 180. The Morgan fingerprint density at radius 3 is 2.15 bits per heavy atom. The fraction of sp³-hybridized carbons (Fsp3) is 0.900. The third kappa shape index (κ3) is 2.51. The number of hydrogen-bond acceptors (Lipinski definition) is 3. The summed E-state index contributed by atoms with van der Waals surface area (Å²) in [5.74, 6) is 5.80. The van der Waals surface area contributed by atoms with Crippen LogP contribution in [0.2, 0.25) is 0 Å². The predicted octanol–water partition coefficient (Wildman–Crippen LogP) is 1.48. The first-order valence-electron chi connectivity index (χ1n) is 4.90. The Morgan fingerprint density at radius 2 is 1.92 bits per heavy atom. The van der Waals surface area contributed by atoms with E-state index in [1.54, 1.807) is 6.92 Å². The van der Waals surface area contributed by atoms with Crippen LogP contribution >= 0.6 is 0 Å². The average Bonchev–Trinajstić information content (AvgIpc) is 2.13. The summed E-state index contributed by atoms with van der Waals surface area (Å²) in [6.45, 7) is 10.0. The van der Waals surface area contributed by atoms with Crippen molar-refractivity contribution in [2.75, 3.05) is 0 Å². The van der Waals surface area contributed by atoms with Crippen molar-refractivity contribution < 1.29 is 4.79 Å². The topological polar surface area (TPSA) is 55.1 Å². The van der Waals surface area contributed by atoms with Gasteiger partial charge in [0.25, 0.3) is 0 Å². The fourth-order valence-electron chi connectivity index (χ4n) is 1.44. The molecule has 0 aromatic rings. The van der Waals surface area contributed by atoms with Gasteiger partial charge in [0.05, 0.1) is 6.04 Å². The monoisotopic (exact) mass is 186 g/mol. The van der Waals surface area contributed by atoms with Crippen LogP contribution in [0, 0.1) is 11.3 Å². The van der Waals surface area contributed by atoms with E-state index in [9.17, 15) is 4.79 Å². The van der Waals surface area contributed by atoms with Gasteiger partial charge in [0.2, 0.25) is 0 Å². The van der Waals surface area contributed by atoms with Crippen molar-refractivity contribution in [1.82, 2.24) is 5.43 Å². The highest BCUT2D eigenvalue weighted by Crippen LogP contribution is 2.32. The summed E-state index contributed by atoms with van der Waals surface area (Å²) in [5, 5.41) is 0. The zero-order chi connectivity index (χ0) is 10.6. The molecular formula is C10H22N2O. The minimum atomic E-state index is -0.258. The van der Waals surface area contributed by atoms with Gasteiger partial charge in [-0.15, -0.1) is 0 Å². The molecule has 0 rings (SSSR count). The van der Waals surface area contributed by atoms with Crippen LogP contribution in [-0.4, -0.2) is 11.8 Å². The highest BCUT2D eigenvalue weighted by atomic mass is 16.1. The van der Waals surface area contributed by atoms with Gasteiger partial charge >= 0.3 is 0 Å². The number of ketones is 1. The van der Waals surface area contributed by atoms with E-state index in [0.29, 0.717) is 5.92 Å². The van der Waals surface area contributed by atoms with Gasteiger partial charge < -0.3 is 0 Å². The number of hydrogen-bond donors (Lipinski definition) is 2. The number of carbonyl (C=O) groups excluding carboxylic acids is 1. The molecule has 3 heteroatoms. The van der Waals surface area contributed by atoms with Gasteiger partial charge in [0.1, 0.15) is 0 Å². The highest BCUT2D eigenvalue weighted by Gasteiger charge is 2.36. The molecule has 0 fully saturated rings. The predicted molar refractivity (Wildman–Crippen MR) is 55.0 cm³/mol. The van der Waals surface area contributed by atoms with Crippen LogP contribution < -0.4 is 11.3 Å². The van der Waals surface area contributed by atoms with Crippen LogP contribution in [0.5, 0.6) is 0 Å². The molecule has 0 saturated carbocycles. The maximum atomic E-state index is 11.9. The molecule has 0 amide bonds. The summed E-state index contributed by atoms with van der Waals surface area (Å²) in [6, 6.07) is -0.257. The van der Waals surface area contributed by atoms with E-state index in [1.807, 2.05) is 13.8 Å². The Morgan fingerprint density at radius 1 is 1.46 bits per heavy atom. The van der Waals surface area contributed by atoms with Crippen molar-refractivity contribution in [3.05, 3.63) is 0 Å². The second-order valence-electron chi connectivity index (χ2n) is 4.18. The molecule has 0 radical (unpaired) electrons. The van der Waals surface area contributed by atoms with Crippen molar-refractivity contribution in [1.29, 1.82) is 0 Å². The van der Waals surface area contributed by atoms with Gasteiger partial charge in [0.15, 0.2) is 5.78 Å². The first kappa shape index (κ1) is 12.6. The summed E-state index contributed by atoms with van der Waals surface area (Å²) in [6.07, 6.45) is 0.857. The average molecular weight is 186 g/mol. The molecular weight excluding hydrogens is 164 g/mol. The van der Waals surface area contributed by atoms with Crippen LogP contribution in [0.15, 0.2) is 0 Å². The van der Waals surface area contributed by atoms with Crippen LogP contribution in [0.25, 0.3) is 0 Å². The van der Waals surface area contributed by atoms with Gasteiger partial charge in [0, 0.05) is 5.41 Å². The quantitative estimate of drug-likeness (QED) is 0.505. The lowest BCUT2D eigenvalue weighted by atomic mass is 9.71. The van der Waals surface area contributed by atoms with E-state index in [-0.39, 0.29) is 17.2 Å². The van der Waals surface area contributed by atoms with E-state index < -0.39 is 0 Å². The van der Waals surface area contributed by atoms with Crippen LogP contribution in [-0.2, 0) is 4.79 Å². The van der Waals surface area contributed by atoms with Crippen LogP contribution in [0.3, 0.4) is 0 Å². The molecule has 0 aromatic carbocycles. The smallest absolute Gasteiger partial charge is 0.156 e. The fourth-order valence-corrected chi connectivity index (χ4v) is 1.44. The van der Waals surface area contributed by atoms with Crippen molar-refractivity contribution in [2.45, 2.75) is 47.1 Å². The number of Topliss-reactive ketones (excluding diaryl/α,β-unsaturated/α-hetero) is 1. The van der Waals surface area contributed by atoms with Gasteiger partial charge in [-0.05, 0) is 19.3 Å². The molecule has 0 bridgehead atoms. The summed E-state index contributed by atoms with van der Waals surface area (Å²) in [7, 11) is 0. The van der Waals surface area contributed by atoms with E-state index >= 15 is 0 Å². The number of hydrazine groups is 1. The van der Waals surface area contributed by atoms with E-state index in [0.717, 1.165) is 6.42 Å². The van der Waals surface area contributed by atoms with Crippen molar-refractivity contribution in [2.24, 2.45) is 17.2 Å². The maximum Gasteiger partial charge on any atom is 0.156 e. The van der Waals surface area contributed by atoms with E-state index in [2.05, 4.69) is 19.3 Å². The Labute approximate surface area is 81.0 Å². The van der Waals surface area contributed by atoms with Gasteiger partial charge in [-0.25, -0.2) is 0 Å². The van der Waals surface area contributed by atoms with E-state index in [4.69, 9.17) is 5.84 Å². The van der Waals surface area contributed by atoms with Gasteiger partial charge in [-0.1, -0.05) is 27.7 Å². The molecule has 0 spiro atoms. The second-order valence-corrected chi connectivity index (χ2v) is 4.18. The highest BCUT2D eigenvalue weighted by molar-refractivity contribution is 5.89. The minimum absolute atomic E-state index is 0.201. The number of nitrogens with two attached hydrogens (primary N) is 1. The zero-order valence-corrected chi connectivity index (χ0v) is 9.35. The van der Waals surface area contributed by atoms with Crippen LogP contribution in [0.4, 0.5) is 0 Å². The Kier molecular flexibility index (Phi) is 4.57. The molecule has 0 saturated heterocycles. The van der Waals surface area contributed by atoms with Crippen LogP contribution in [0.1, 0.15) is 41.0 Å². The Balaban J connectivity index is 4.66. The lowest BCUT2D eigenvalue weighted by Crippen LogP contribution is -2.47. The largest absolute Gasteiger partial charge is 0.297 e. The molecule has 2 atom stereocenters. The third-order valence-electron chi connectivity index (χ3n) is 3.21. The summed E-state index contributed by atoms with van der Waals surface area (Å²) < 4.78 is 0. The molecule has 2 unspecified atom stereocenters. The first-order valence-corrected chi connectivity index (χ1v) is 4.90. The molecule has 13 heavy (non-hydrogen) atoms. The van der Waals surface area contributed by atoms with Crippen molar-refractivity contribution in [3.63, 3.8) is 0 Å². The molecule has 3 nitrogen and oxygen atoms in total. The second kappa shape index (κ2) is 4.72. The number of rotatable bonds is 5. The van der Waals surface area contributed by atoms with Gasteiger partial charge in [-0.2, -0.15) is 0 Å². The molecule has 3 N–H and O–H groups in total. The first-order chi connectivity index (χ1) is 5.90. The third-order valence-corrected chi connectivity index (χ3v) is 3.21. The van der Waals surface area contributed by atoms with Crippen molar-refractivity contribution >= 4 is 5.78 Å². The van der Waals surface area contributed by atoms with Crippen molar-refractivity contribution in [3.8, 4) is 0 Å². The maximum absolute atomic E-state index is 11.9. The lowest BCUT2D eigenvalue weighted by Gasteiger charge is -2.33.